The summed E-state index contributed by atoms with van der Waals surface area (Å²) in [5.41, 5.74) is -3.23. The molecular weight excluding hydrogens is 967 g/mol. The van der Waals surface area contributed by atoms with Crippen molar-refractivity contribution >= 4 is 52.7 Å². The highest BCUT2D eigenvalue weighted by atomic mass is 16.7. The zero-order chi connectivity index (χ0) is 53.5. The number of carbonyl (C=O) groups excluding carboxylic acids is 9. The second-order valence-electron chi connectivity index (χ2n) is 19.5. The van der Waals surface area contributed by atoms with Gasteiger partial charge in [-0.15, -0.1) is 0 Å². The molecule has 3 aromatic carbocycles. The highest BCUT2D eigenvalue weighted by Gasteiger charge is 2.51. The number of likely N-dealkylation sites (tertiary alicyclic amines) is 2. The van der Waals surface area contributed by atoms with E-state index in [1.807, 2.05) is 0 Å². The molecule has 394 valence electrons. The first-order chi connectivity index (χ1) is 35.2. The third-order valence-corrected chi connectivity index (χ3v) is 14.7. The number of amides is 5. The quantitative estimate of drug-likeness (QED) is 0.0583. The molecule has 8 N–H and O–H groups in total. The molecule has 9 atom stereocenters. The minimum Gasteiger partial charge on any atom is -0.507 e. The van der Waals surface area contributed by atoms with Crippen LogP contribution in [0.1, 0.15) is 124 Å². The minimum atomic E-state index is -2.42. The first kappa shape index (κ1) is 53.2. The van der Waals surface area contributed by atoms with E-state index in [2.05, 4.69) is 16.0 Å². The van der Waals surface area contributed by atoms with Crippen LogP contribution in [0.15, 0.2) is 42.5 Å². The maximum absolute atomic E-state index is 14.1. The van der Waals surface area contributed by atoms with Crippen molar-refractivity contribution in [1.29, 1.82) is 0 Å². The van der Waals surface area contributed by atoms with Crippen LogP contribution in [0.3, 0.4) is 0 Å². The molecule has 74 heavy (non-hydrogen) atoms. The van der Waals surface area contributed by atoms with Gasteiger partial charge < -0.3 is 65.5 Å². The van der Waals surface area contributed by atoms with Gasteiger partial charge in [0.05, 0.1) is 55.0 Å². The average molecular weight is 1030 g/mol. The number of nitrogens with one attached hydrogen (secondary N) is 3. The van der Waals surface area contributed by atoms with E-state index in [0.717, 1.165) is 0 Å². The normalized spacial score (nSPS) is 25.5. The van der Waals surface area contributed by atoms with Gasteiger partial charge in [-0.3, -0.25) is 43.2 Å². The number of phenolic OH excluding ortho intramolecular Hbond substituents is 2. The zero-order valence-electron chi connectivity index (χ0n) is 41.2. The van der Waals surface area contributed by atoms with Crippen molar-refractivity contribution in [1.82, 2.24) is 25.8 Å². The number of phenols is 2. The number of aliphatic hydroxyl groups excluding tert-OH is 2. The molecule has 5 aliphatic rings. The topological polar surface area (TPSA) is 325 Å². The van der Waals surface area contributed by atoms with Crippen molar-refractivity contribution in [3.8, 4) is 17.2 Å². The predicted molar refractivity (Wildman–Crippen MR) is 256 cm³/mol. The maximum Gasteiger partial charge on any atom is 0.243 e. The number of rotatable bonds is 15. The fourth-order valence-electron chi connectivity index (χ4n) is 10.7. The minimum absolute atomic E-state index is 0.0161. The highest BCUT2D eigenvalue weighted by Crippen LogP contribution is 2.52. The standard InChI is InChI=1S/C52H59N5O17/c1-24(54-50(69)32-9-6-16-56(32)37(61)18-27-12-14-28(15-13-27)25(2)59)49(68)53-22-38(62)57-17-7-10-33(57)51(70)55-31-19-39(73-26(3)44(31)63)74-35-21-52(71,36(60)23-58)20-30-41(35)48(67)43-42(46(30)65)45(64)29-8-5-11-34(72-4)40(29)47(43)66/h5,8,11-15,24,26,31-33,35,39,44,58,63,65,67,71H,6-7,9-10,16-23H2,1-4H3,(H,53,68)(H,54,69)(H,55,70)/t24-,26-,31-,32-,33-,35-,39-,44-,52-/m0/s1. The lowest BCUT2D eigenvalue weighted by Crippen LogP contribution is -2.59. The number of Topliss-reactive ketones (excluding diaryl/α,β-unsaturated/α-hetero) is 2. The first-order valence-electron chi connectivity index (χ1n) is 24.5. The molecule has 3 heterocycles. The number of hydrogen-bond acceptors (Lipinski definition) is 17. The van der Waals surface area contributed by atoms with Gasteiger partial charge in [0.2, 0.25) is 35.3 Å². The van der Waals surface area contributed by atoms with Gasteiger partial charge in [0, 0.05) is 54.6 Å². The number of nitrogens with zero attached hydrogens (tertiary/aromatic N) is 2. The molecule has 5 amide bonds. The van der Waals surface area contributed by atoms with Gasteiger partial charge in [0.25, 0.3) is 0 Å². The lowest BCUT2D eigenvalue weighted by molar-refractivity contribution is -0.249. The summed E-state index contributed by atoms with van der Waals surface area (Å²) in [4.78, 5) is 123. The molecular formula is C52H59N5O17. The van der Waals surface area contributed by atoms with Gasteiger partial charge in [-0.1, -0.05) is 36.4 Å². The largest absolute Gasteiger partial charge is 0.507 e. The van der Waals surface area contributed by atoms with Gasteiger partial charge in [-0.25, -0.2) is 0 Å². The van der Waals surface area contributed by atoms with Crippen molar-refractivity contribution < 1.29 is 82.9 Å². The van der Waals surface area contributed by atoms with E-state index < -0.39 is 144 Å². The third kappa shape index (κ3) is 10.1. The SMILES string of the molecule is COc1cccc2c1C(=O)c1c(O)c3c(c(O)c1C2=O)C[C@@](O)(C(=O)CO)C[C@@H]3O[C@H]1C[C@H](NC(=O)[C@@H]2CCCN2C(=O)CNC(=O)[C@H](C)NC(=O)[C@@H]2CCCN2C(=O)Cc2ccc(C(C)=O)cc2)[C@@H](O)[C@H](C)O1. The highest BCUT2D eigenvalue weighted by molar-refractivity contribution is 6.31. The molecule has 0 saturated carbocycles. The lowest BCUT2D eigenvalue weighted by Gasteiger charge is -2.43. The van der Waals surface area contributed by atoms with Crippen LogP contribution in [0.2, 0.25) is 0 Å². The molecule has 0 aromatic heterocycles. The van der Waals surface area contributed by atoms with Crippen LogP contribution in [-0.2, 0) is 51.1 Å². The van der Waals surface area contributed by atoms with Gasteiger partial charge >= 0.3 is 0 Å². The number of benzene rings is 3. The Kier molecular flexibility index (Phi) is 15.4. The molecule has 3 saturated heterocycles. The van der Waals surface area contributed by atoms with Crippen LogP contribution < -0.4 is 20.7 Å². The van der Waals surface area contributed by atoms with Crippen LogP contribution in [-0.4, -0.2) is 170 Å². The Morgan fingerprint density at radius 1 is 0.878 bits per heavy atom. The third-order valence-electron chi connectivity index (χ3n) is 14.7. The summed E-state index contributed by atoms with van der Waals surface area (Å²) in [7, 11) is 1.28. The van der Waals surface area contributed by atoms with Gasteiger partial charge in [0.15, 0.2) is 23.6 Å². The Labute approximate surface area is 424 Å². The molecule has 3 aliphatic heterocycles. The monoisotopic (exact) mass is 1030 g/mol. The van der Waals surface area contributed by atoms with Gasteiger partial charge in [-0.2, -0.15) is 0 Å². The molecule has 0 unspecified atom stereocenters. The Morgan fingerprint density at radius 3 is 2.18 bits per heavy atom. The lowest BCUT2D eigenvalue weighted by atomic mass is 9.72. The van der Waals surface area contributed by atoms with E-state index in [0.29, 0.717) is 36.9 Å². The Morgan fingerprint density at radius 2 is 1.53 bits per heavy atom. The number of aromatic hydroxyl groups is 2. The molecule has 3 aromatic rings. The molecule has 0 bridgehead atoms. The van der Waals surface area contributed by atoms with E-state index in [1.54, 1.807) is 24.3 Å². The zero-order valence-corrected chi connectivity index (χ0v) is 41.2. The van der Waals surface area contributed by atoms with Gasteiger partial charge in [0.1, 0.15) is 53.7 Å². The molecule has 8 rings (SSSR count). The van der Waals surface area contributed by atoms with E-state index in [1.165, 1.54) is 55.9 Å². The number of ether oxygens (including phenoxy) is 3. The summed E-state index contributed by atoms with van der Waals surface area (Å²) in [6, 6.07) is 6.83. The van der Waals surface area contributed by atoms with E-state index >= 15 is 0 Å². The Balaban J connectivity index is 0.905. The van der Waals surface area contributed by atoms with E-state index in [4.69, 9.17) is 14.2 Å². The summed E-state index contributed by atoms with van der Waals surface area (Å²) in [5, 5.41) is 64.3. The van der Waals surface area contributed by atoms with Crippen molar-refractivity contribution in [2.45, 2.75) is 127 Å². The molecule has 0 radical (unpaired) electrons. The molecule has 22 nitrogen and oxygen atoms in total. The van der Waals surface area contributed by atoms with Crippen molar-refractivity contribution in [3.63, 3.8) is 0 Å². The number of aliphatic hydroxyl groups is 3. The summed E-state index contributed by atoms with van der Waals surface area (Å²) >= 11 is 0. The smallest absolute Gasteiger partial charge is 0.243 e. The van der Waals surface area contributed by atoms with E-state index in [9.17, 15) is 68.7 Å². The Hall–Kier alpha value is -7.11. The summed E-state index contributed by atoms with van der Waals surface area (Å²) < 4.78 is 17.6. The molecule has 0 spiro atoms. The second kappa shape index (κ2) is 21.4. The second-order valence-corrected chi connectivity index (χ2v) is 19.5. The Bertz CT molecular complexity index is 2820. The molecule has 2 aliphatic carbocycles. The number of fused-ring (bicyclic) bond motifs is 3. The van der Waals surface area contributed by atoms with Crippen molar-refractivity contribution in [3.05, 3.63) is 87.0 Å². The summed E-state index contributed by atoms with van der Waals surface area (Å²) in [6.07, 6.45) is -5.29. The molecule has 22 heteroatoms. The summed E-state index contributed by atoms with van der Waals surface area (Å²) in [5.74, 6) is -7.22. The van der Waals surface area contributed by atoms with Crippen LogP contribution in [0, 0.1) is 0 Å². The van der Waals surface area contributed by atoms with Crippen LogP contribution >= 0.6 is 0 Å². The average Bonchev–Trinajstić information content (AvgIpc) is 4.09. The fourth-order valence-corrected chi connectivity index (χ4v) is 10.7. The number of carbonyl (C=O) groups is 9. The number of hydrogen-bond donors (Lipinski definition) is 8. The van der Waals surface area contributed by atoms with Crippen LogP contribution in [0.25, 0.3) is 0 Å². The number of ketones is 4. The van der Waals surface area contributed by atoms with Crippen molar-refractivity contribution in [2.75, 3.05) is 33.4 Å². The van der Waals surface area contributed by atoms with Crippen LogP contribution in [0.4, 0.5) is 0 Å². The molecule has 3 fully saturated rings. The maximum atomic E-state index is 14.1. The summed E-state index contributed by atoms with van der Waals surface area (Å²) in [6.45, 7) is 3.21. The fraction of sp³-hybridized carbons (Fsp3) is 0.481. The van der Waals surface area contributed by atoms with Crippen LogP contribution in [0.5, 0.6) is 17.2 Å². The predicted octanol–water partition coefficient (Wildman–Crippen LogP) is 0.207. The van der Waals surface area contributed by atoms with E-state index in [-0.39, 0.29) is 65.5 Å². The van der Waals surface area contributed by atoms with Crippen molar-refractivity contribution in [2.24, 2.45) is 0 Å². The number of methoxy groups -OCH3 is 1. The van der Waals surface area contributed by atoms with Gasteiger partial charge in [-0.05, 0) is 58.1 Å². The first-order valence-corrected chi connectivity index (χ1v) is 24.5.